The van der Waals surface area contributed by atoms with Gasteiger partial charge in [0.05, 0.1) is 17.5 Å². The Labute approximate surface area is 176 Å². The maximum absolute atomic E-state index is 13.3. The number of hydrogen-bond acceptors (Lipinski definition) is 4. The Morgan fingerprint density at radius 1 is 1.13 bits per heavy atom. The van der Waals surface area contributed by atoms with Gasteiger partial charge in [-0.1, -0.05) is 6.92 Å². The van der Waals surface area contributed by atoms with Crippen LogP contribution in [0.1, 0.15) is 49.3 Å². The van der Waals surface area contributed by atoms with Crippen molar-refractivity contribution in [2.75, 3.05) is 18.1 Å². The van der Waals surface area contributed by atoms with Crippen LogP contribution in [0, 0.1) is 0 Å². The van der Waals surface area contributed by atoms with Gasteiger partial charge in [-0.15, -0.1) is 0 Å². The Morgan fingerprint density at radius 3 is 2.67 bits per heavy atom. The average molecular weight is 405 g/mol. The molecule has 0 radical (unpaired) electrons. The molecule has 1 aliphatic rings. The third-order valence-corrected chi connectivity index (χ3v) is 5.47. The fourth-order valence-corrected chi connectivity index (χ4v) is 3.99. The van der Waals surface area contributed by atoms with Crippen LogP contribution < -0.4 is 15.2 Å². The van der Waals surface area contributed by atoms with Crippen molar-refractivity contribution in [2.24, 2.45) is 0 Å². The van der Waals surface area contributed by atoms with Gasteiger partial charge >= 0.3 is 0 Å². The summed E-state index contributed by atoms with van der Waals surface area (Å²) in [5, 5.41) is 0.570. The molecule has 0 saturated heterocycles. The van der Waals surface area contributed by atoms with Crippen LogP contribution in [0.4, 0.5) is 5.69 Å². The molecule has 2 aromatic carbocycles. The quantitative estimate of drug-likeness (QED) is 0.617. The Balaban J connectivity index is 1.70. The van der Waals surface area contributed by atoms with Gasteiger partial charge in [0.2, 0.25) is 0 Å². The van der Waals surface area contributed by atoms with Gasteiger partial charge in [0.1, 0.15) is 11.6 Å². The molecule has 156 valence electrons. The number of fused-ring (bicyclic) bond motifs is 2. The number of nitrogens with zero attached hydrogens (tertiary/aromatic N) is 3. The molecular formula is C24H27N3O3. The number of anilines is 1. The molecule has 0 spiro atoms. The summed E-state index contributed by atoms with van der Waals surface area (Å²) in [5.74, 6) is 1.51. The SMILES string of the molecule is CCCN(C(=O)c1ccc2c(=O)n3c(nc2c1)CCCC3)c1ccc(OCC)cc1. The van der Waals surface area contributed by atoms with Crippen LogP contribution in [0.5, 0.6) is 5.75 Å². The molecule has 0 N–H and O–H groups in total. The van der Waals surface area contributed by atoms with Crippen molar-refractivity contribution in [1.82, 2.24) is 9.55 Å². The predicted molar refractivity (Wildman–Crippen MR) is 119 cm³/mol. The Hall–Kier alpha value is -3.15. The van der Waals surface area contributed by atoms with Crippen LogP contribution in [0.2, 0.25) is 0 Å². The predicted octanol–water partition coefficient (Wildman–Crippen LogP) is 4.19. The molecule has 3 aromatic rings. The van der Waals surface area contributed by atoms with Gasteiger partial charge in [-0.25, -0.2) is 4.98 Å². The number of carbonyl (C=O) groups is 1. The number of amides is 1. The van der Waals surface area contributed by atoms with Crippen molar-refractivity contribution in [1.29, 1.82) is 0 Å². The zero-order valence-electron chi connectivity index (χ0n) is 17.6. The first-order chi connectivity index (χ1) is 14.6. The Morgan fingerprint density at radius 2 is 1.93 bits per heavy atom. The number of ether oxygens (including phenoxy) is 1. The highest BCUT2D eigenvalue weighted by Gasteiger charge is 2.20. The van der Waals surface area contributed by atoms with Crippen molar-refractivity contribution in [2.45, 2.75) is 46.1 Å². The highest BCUT2D eigenvalue weighted by molar-refractivity contribution is 6.07. The fourth-order valence-electron chi connectivity index (χ4n) is 3.99. The first-order valence-corrected chi connectivity index (χ1v) is 10.7. The van der Waals surface area contributed by atoms with Gasteiger partial charge in [-0.2, -0.15) is 0 Å². The third kappa shape index (κ3) is 3.82. The van der Waals surface area contributed by atoms with Crippen LogP contribution >= 0.6 is 0 Å². The van der Waals surface area contributed by atoms with E-state index in [-0.39, 0.29) is 11.5 Å². The summed E-state index contributed by atoms with van der Waals surface area (Å²) in [6.45, 7) is 5.91. The third-order valence-electron chi connectivity index (χ3n) is 5.47. The van der Waals surface area contributed by atoms with E-state index in [1.165, 1.54) is 0 Å². The lowest BCUT2D eigenvalue weighted by Crippen LogP contribution is -2.32. The largest absolute Gasteiger partial charge is 0.494 e. The van der Waals surface area contributed by atoms with Crippen LogP contribution in [-0.2, 0) is 13.0 Å². The summed E-state index contributed by atoms with van der Waals surface area (Å²) in [6.07, 6.45) is 3.68. The second-order valence-electron chi connectivity index (χ2n) is 7.56. The van der Waals surface area contributed by atoms with E-state index in [1.807, 2.05) is 38.1 Å². The zero-order valence-corrected chi connectivity index (χ0v) is 17.6. The molecule has 1 aromatic heterocycles. The summed E-state index contributed by atoms with van der Waals surface area (Å²) in [6, 6.07) is 12.8. The maximum atomic E-state index is 13.3. The lowest BCUT2D eigenvalue weighted by molar-refractivity contribution is 0.0987. The van der Waals surface area contributed by atoms with E-state index in [1.54, 1.807) is 27.7 Å². The van der Waals surface area contributed by atoms with Gasteiger partial charge in [0.15, 0.2) is 0 Å². The topological polar surface area (TPSA) is 64.4 Å². The van der Waals surface area contributed by atoms with Crippen molar-refractivity contribution in [3.8, 4) is 5.75 Å². The molecular weight excluding hydrogens is 378 g/mol. The van der Waals surface area contributed by atoms with E-state index in [0.29, 0.717) is 29.6 Å². The highest BCUT2D eigenvalue weighted by Crippen LogP contribution is 2.23. The molecule has 0 atom stereocenters. The lowest BCUT2D eigenvalue weighted by Gasteiger charge is -2.23. The summed E-state index contributed by atoms with van der Waals surface area (Å²) in [4.78, 5) is 32.6. The first-order valence-electron chi connectivity index (χ1n) is 10.7. The van der Waals surface area contributed by atoms with Crippen molar-refractivity contribution in [3.05, 3.63) is 64.2 Å². The van der Waals surface area contributed by atoms with Gasteiger partial charge in [-0.05, 0) is 68.7 Å². The summed E-state index contributed by atoms with van der Waals surface area (Å²) in [7, 11) is 0. The highest BCUT2D eigenvalue weighted by atomic mass is 16.5. The van der Waals surface area contributed by atoms with Crippen LogP contribution in [0.3, 0.4) is 0 Å². The van der Waals surface area contributed by atoms with Crippen molar-refractivity contribution >= 4 is 22.5 Å². The fraction of sp³-hybridized carbons (Fsp3) is 0.375. The van der Waals surface area contributed by atoms with E-state index < -0.39 is 0 Å². The lowest BCUT2D eigenvalue weighted by atomic mass is 10.1. The Bertz CT molecular complexity index is 1120. The molecule has 2 heterocycles. The van der Waals surface area contributed by atoms with Gasteiger partial charge < -0.3 is 9.64 Å². The average Bonchev–Trinajstić information content (AvgIpc) is 2.78. The molecule has 4 rings (SSSR count). The Kier molecular flexibility index (Phi) is 5.84. The molecule has 6 nitrogen and oxygen atoms in total. The van der Waals surface area contributed by atoms with Gasteiger partial charge in [0.25, 0.3) is 11.5 Å². The van der Waals surface area contributed by atoms with E-state index >= 15 is 0 Å². The monoisotopic (exact) mass is 405 g/mol. The molecule has 1 aliphatic heterocycles. The number of carbonyl (C=O) groups excluding carboxylic acids is 1. The summed E-state index contributed by atoms with van der Waals surface area (Å²) in [5.41, 5.74) is 1.95. The van der Waals surface area contributed by atoms with E-state index in [0.717, 1.165) is 49.5 Å². The standard InChI is InChI=1S/C24H27N3O3/c1-3-14-26(18-9-11-19(12-10-18)30-4-2)23(28)17-8-13-20-21(16-17)25-22-7-5-6-15-27(22)24(20)29/h8-13,16H,3-7,14-15H2,1-2H3. The number of hydrogen-bond donors (Lipinski definition) is 0. The van der Waals surface area contributed by atoms with E-state index in [4.69, 9.17) is 9.72 Å². The van der Waals surface area contributed by atoms with Crippen molar-refractivity contribution < 1.29 is 9.53 Å². The summed E-state index contributed by atoms with van der Waals surface area (Å²) < 4.78 is 7.28. The minimum Gasteiger partial charge on any atom is -0.494 e. The summed E-state index contributed by atoms with van der Waals surface area (Å²) >= 11 is 0. The number of rotatable bonds is 6. The normalized spacial score (nSPS) is 13.1. The van der Waals surface area contributed by atoms with Crippen LogP contribution in [-0.4, -0.2) is 28.6 Å². The molecule has 6 heteroatoms. The zero-order chi connectivity index (χ0) is 21.1. The second-order valence-corrected chi connectivity index (χ2v) is 7.56. The second kappa shape index (κ2) is 8.69. The maximum Gasteiger partial charge on any atom is 0.261 e. The van der Waals surface area contributed by atoms with Crippen molar-refractivity contribution in [3.63, 3.8) is 0 Å². The molecule has 0 fully saturated rings. The number of benzene rings is 2. The van der Waals surface area contributed by atoms with Gasteiger partial charge in [-0.3, -0.25) is 14.2 Å². The smallest absolute Gasteiger partial charge is 0.261 e. The molecule has 0 bridgehead atoms. The minimum absolute atomic E-state index is 0.00868. The molecule has 0 unspecified atom stereocenters. The number of aromatic nitrogens is 2. The van der Waals surface area contributed by atoms with Crippen LogP contribution in [0.15, 0.2) is 47.3 Å². The minimum atomic E-state index is -0.0949. The number of aryl methyl sites for hydroxylation is 1. The molecule has 1 amide bonds. The van der Waals surface area contributed by atoms with Gasteiger partial charge in [0, 0.05) is 30.8 Å². The van der Waals surface area contributed by atoms with E-state index in [9.17, 15) is 9.59 Å². The molecule has 30 heavy (non-hydrogen) atoms. The van der Waals surface area contributed by atoms with E-state index in [2.05, 4.69) is 0 Å². The molecule has 0 aliphatic carbocycles. The molecule has 0 saturated carbocycles. The van der Waals surface area contributed by atoms with Crippen LogP contribution in [0.25, 0.3) is 10.9 Å². The first kappa shape index (κ1) is 20.1.